The number of carbonyl (C=O) groups is 2. The van der Waals surface area contributed by atoms with Crippen LogP contribution in [0, 0.1) is 11.3 Å². The van der Waals surface area contributed by atoms with Crippen LogP contribution in [0.25, 0.3) is 0 Å². The summed E-state index contributed by atoms with van der Waals surface area (Å²) < 4.78 is 0. The van der Waals surface area contributed by atoms with E-state index in [1.165, 1.54) is 0 Å². The van der Waals surface area contributed by atoms with Crippen molar-refractivity contribution in [3.8, 4) is 6.07 Å². The maximum absolute atomic E-state index is 11.9. The highest BCUT2D eigenvalue weighted by atomic mass is 16.2. The van der Waals surface area contributed by atoms with Crippen LogP contribution in [0.15, 0.2) is 18.2 Å². The third-order valence-electron chi connectivity index (χ3n) is 3.31. The molecule has 0 aromatic heterocycles. The van der Waals surface area contributed by atoms with Crippen molar-refractivity contribution in [1.29, 1.82) is 5.26 Å². The molecule has 2 amide bonds. The van der Waals surface area contributed by atoms with Crippen LogP contribution in [0.3, 0.4) is 0 Å². The predicted molar refractivity (Wildman–Crippen MR) is 70.2 cm³/mol. The number of hydrogen-bond donors (Lipinski definition) is 2. The van der Waals surface area contributed by atoms with Crippen LogP contribution in [0.2, 0.25) is 0 Å². The maximum atomic E-state index is 11.9. The van der Waals surface area contributed by atoms with Crippen LogP contribution in [0.4, 0.5) is 5.69 Å². The quantitative estimate of drug-likeness (QED) is 0.841. The molecule has 98 valence electrons. The molecule has 19 heavy (non-hydrogen) atoms. The fourth-order valence-electron chi connectivity index (χ4n) is 2.19. The number of rotatable bonds is 2. The van der Waals surface area contributed by atoms with Gasteiger partial charge in [-0.15, -0.1) is 0 Å². The van der Waals surface area contributed by atoms with Gasteiger partial charge in [0.05, 0.1) is 11.5 Å². The summed E-state index contributed by atoms with van der Waals surface area (Å²) in [5.41, 5.74) is 1.94. The van der Waals surface area contributed by atoms with E-state index < -0.39 is 5.41 Å². The molecule has 0 fully saturated rings. The van der Waals surface area contributed by atoms with E-state index in [1.54, 1.807) is 12.1 Å². The Bertz CT molecular complexity index is 585. The number of benzene rings is 1. The van der Waals surface area contributed by atoms with E-state index in [4.69, 9.17) is 5.26 Å². The number of carbonyl (C=O) groups excluding carboxylic acids is 2. The molecule has 5 nitrogen and oxygen atoms in total. The third-order valence-corrected chi connectivity index (χ3v) is 3.31. The summed E-state index contributed by atoms with van der Waals surface area (Å²) in [4.78, 5) is 23.3. The van der Waals surface area contributed by atoms with Gasteiger partial charge in [-0.25, -0.2) is 0 Å². The van der Waals surface area contributed by atoms with Crippen molar-refractivity contribution in [3.63, 3.8) is 0 Å². The molecule has 0 saturated heterocycles. The fraction of sp³-hybridized carbons (Fsp3) is 0.357. The van der Waals surface area contributed by atoms with Gasteiger partial charge in [-0.05, 0) is 37.1 Å². The van der Waals surface area contributed by atoms with Crippen LogP contribution in [-0.2, 0) is 21.5 Å². The first-order valence-electron chi connectivity index (χ1n) is 6.03. The summed E-state index contributed by atoms with van der Waals surface area (Å²) in [5.74, 6) is -0.374. The Hall–Kier alpha value is -2.35. The zero-order chi connectivity index (χ0) is 14.0. The molecule has 1 heterocycles. The lowest BCUT2D eigenvalue weighted by molar-refractivity contribution is -0.126. The van der Waals surface area contributed by atoms with E-state index in [0.717, 1.165) is 11.1 Å². The van der Waals surface area contributed by atoms with E-state index in [0.29, 0.717) is 12.2 Å². The monoisotopic (exact) mass is 257 g/mol. The molecule has 0 radical (unpaired) electrons. The number of nitrogens with one attached hydrogen (secondary N) is 2. The van der Waals surface area contributed by atoms with Crippen LogP contribution in [-0.4, -0.2) is 11.8 Å². The second-order valence-corrected chi connectivity index (χ2v) is 5.06. The summed E-state index contributed by atoms with van der Waals surface area (Å²) in [6.07, 6.45) is -0.180. The van der Waals surface area contributed by atoms with Crippen LogP contribution >= 0.6 is 0 Å². The van der Waals surface area contributed by atoms with Crippen molar-refractivity contribution < 1.29 is 9.59 Å². The van der Waals surface area contributed by atoms with E-state index in [2.05, 4.69) is 10.6 Å². The first-order chi connectivity index (χ1) is 8.95. The summed E-state index contributed by atoms with van der Waals surface area (Å²) in [5, 5.41) is 14.0. The molecule has 5 heteroatoms. The van der Waals surface area contributed by atoms with Gasteiger partial charge in [0, 0.05) is 12.2 Å². The minimum Gasteiger partial charge on any atom is -0.351 e. The lowest BCUT2D eigenvalue weighted by atomic mass is 9.78. The van der Waals surface area contributed by atoms with E-state index in [9.17, 15) is 9.59 Å². The van der Waals surface area contributed by atoms with Gasteiger partial charge in [0.1, 0.15) is 6.42 Å². The highest BCUT2D eigenvalue weighted by Crippen LogP contribution is 2.32. The molecule has 2 rings (SSSR count). The number of nitrogens with zero attached hydrogens (tertiary/aromatic N) is 1. The van der Waals surface area contributed by atoms with Crippen LogP contribution in [0.5, 0.6) is 0 Å². The maximum Gasteiger partial charge on any atom is 0.238 e. The van der Waals surface area contributed by atoms with Crippen molar-refractivity contribution in [2.24, 2.45) is 0 Å². The molecular formula is C14H15N3O2. The van der Waals surface area contributed by atoms with Crippen molar-refractivity contribution in [1.82, 2.24) is 5.32 Å². The predicted octanol–water partition coefficient (Wildman–Crippen LogP) is 1.45. The van der Waals surface area contributed by atoms with Crippen molar-refractivity contribution >= 4 is 17.5 Å². The summed E-state index contributed by atoms with van der Waals surface area (Å²) >= 11 is 0. The molecule has 0 atom stereocenters. The smallest absolute Gasteiger partial charge is 0.238 e. The van der Waals surface area contributed by atoms with Crippen LogP contribution < -0.4 is 10.6 Å². The minimum atomic E-state index is -0.621. The van der Waals surface area contributed by atoms with Gasteiger partial charge in [0.2, 0.25) is 11.8 Å². The second kappa shape index (κ2) is 4.73. The summed E-state index contributed by atoms with van der Waals surface area (Å²) in [6.45, 7) is 4.20. The topological polar surface area (TPSA) is 82.0 Å². The molecule has 0 spiro atoms. The average Bonchev–Trinajstić information content (AvgIpc) is 2.35. The molecule has 0 unspecified atom stereocenters. The summed E-state index contributed by atoms with van der Waals surface area (Å²) in [6, 6.07) is 7.27. The van der Waals surface area contributed by atoms with Crippen molar-refractivity contribution in [2.45, 2.75) is 32.2 Å². The van der Waals surface area contributed by atoms with Crippen molar-refractivity contribution in [3.05, 3.63) is 29.3 Å². The zero-order valence-corrected chi connectivity index (χ0v) is 10.9. The third kappa shape index (κ3) is 2.43. The zero-order valence-electron chi connectivity index (χ0n) is 10.9. The van der Waals surface area contributed by atoms with Gasteiger partial charge >= 0.3 is 0 Å². The Balaban J connectivity index is 2.33. The highest BCUT2D eigenvalue weighted by molar-refractivity contribution is 5.93. The molecule has 1 aromatic carbocycles. The molecule has 2 N–H and O–H groups in total. The van der Waals surface area contributed by atoms with E-state index in [1.807, 2.05) is 26.0 Å². The van der Waals surface area contributed by atoms with Gasteiger partial charge in [-0.2, -0.15) is 5.26 Å². The Morgan fingerprint density at radius 2 is 2.26 bits per heavy atom. The van der Waals surface area contributed by atoms with Gasteiger partial charge in [-0.1, -0.05) is 6.07 Å². The van der Waals surface area contributed by atoms with E-state index in [-0.39, 0.29) is 18.2 Å². The Kier molecular flexibility index (Phi) is 3.26. The number of anilines is 1. The molecule has 1 aromatic rings. The lowest BCUT2D eigenvalue weighted by Crippen LogP contribution is -2.44. The standard InChI is InChI=1S/C14H15N3O2/c1-14(2)11-7-10(17-12(18)5-6-15)4-3-9(11)8-16-13(14)19/h3-4,7H,5,8H2,1-2H3,(H,16,19)(H,17,18). The Morgan fingerprint density at radius 3 is 2.95 bits per heavy atom. The number of nitriles is 1. The molecule has 0 aliphatic carbocycles. The molecule has 0 bridgehead atoms. The van der Waals surface area contributed by atoms with Crippen LogP contribution in [0.1, 0.15) is 31.4 Å². The molecule has 1 aliphatic rings. The van der Waals surface area contributed by atoms with Crippen molar-refractivity contribution in [2.75, 3.05) is 5.32 Å². The number of amides is 2. The first kappa shape index (κ1) is 13.1. The summed E-state index contributed by atoms with van der Waals surface area (Å²) in [7, 11) is 0. The molecule has 1 aliphatic heterocycles. The SMILES string of the molecule is CC1(C)C(=O)NCc2ccc(NC(=O)CC#N)cc21. The Morgan fingerprint density at radius 1 is 1.53 bits per heavy atom. The second-order valence-electron chi connectivity index (χ2n) is 5.06. The minimum absolute atomic E-state index is 0.0273. The van der Waals surface area contributed by atoms with Gasteiger partial charge in [0.15, 0.2) is 0 Å². The van der Waals surface area contributed by atoms with Gasteiger partial charge in [0.25, 0.3) is 0 Å². The van der Waals surface area contributed by atoms with E-state index >= 15 is 0 Å². The normalized spacial score (nSPS) is 15.9. The fourth-order valence-corrected chi connectivity index (χ4v) is 2.19. The van der Waals surface area contributed by atoms with Gasteiger partial charge in [-0.3, -0.25) is 9.59 Å². The number of fused-ring (bicyclic) bond motifs is 1. The molecule has 0 saturated carbocycles. The highest BCUT2D eigenvalue weighted by Gasteiger charge is 2.35. The average molecular weight is 257 g/mol. The largest absolute Gasteiger partial charge is 0.351 e. The lowest BCUT2D eigenvalue weighted by Gasteiger charge is -2.32. The number of hydrogen-bond acceptors (Lipinski definition) is 3. The first-order valence-corrected chi connectivity index (χ1v) is 6.03. The molecular weight excluding hydrogens is 242 g/mol. The Labute approximate surface area is 111 Å². The van der Waals surface area contributed by atoms with Gasteiger partial charge < -0.3 is 10.6 Å².